The predicted octanol–water partition coefficient (Wildman–Crippen LogP) is 3.81. The lowest BCUT2D eigenvalue weighted by Gasteiger charge is -2.28. The molecule has 0 aliphatic heterocycles. The summed E-state index contributed by atoms with van der Waals surface area (Å²) < 4.78 is 13.2. The molecule has 6 heteroatoms. The third-order valence-electron chi connectivity index (χ3n) is 4.75. The summed E-state index contributed by atoms with van der Waals surface area (Å²) in [4.78, 5) is 24.8. The van der Waals surface area contributed by atoms with Crippen LogP contribution in [0.4, 0.5) is 0 Å². The predicted molar refractivity (Wildman–Crippen MR) is 122 cm³/mol. The molecule has 0 saturated carbocycles. The summed E-state index contributed by atoms with van der Waals surface area (Å²) in [6.07, 6.45) is 1.89. The second-order valence-electron chi connectivity index (χ2n) is 8.63. The van der Waals surface area contributed by atoms with Gasteiger partial charge in [-0.3, -0.25) is 14.9 Å². The number of carbonyl (C=O) groups excluding carboxylic acids is 1. The number of carbonyl (C=O) groups is 1. The molecule has 1 aromatic heterocycles. The van der Waals surface area contributed by atoms with Crippen LogP contribution in [-0.2, 0) is 23.0 Å². The molecular formula is C25H30N2O4. The van der Waals surface area contributed by atoms with Gasteiger partial charge in [0.2, 0.25) is 0 Å². The summed E-state index contributed by atoms with van der Waals surface area (Å²) in [5.41, 5.74) is 0.612. The lowest BCUT2D eigenvalue weighted by atomic mass is 10.1. The number of pyridine rings is 1. The summed E-state index contributed by atoms with van der Waals surface area (Å²) in [6.45, 7) is 6.39. The number of ether oxygens (including phenoxy) is 2. The zero-order valence-electron chi connectivity index (χ0n) is 18.6. The van der Waals surface area contributed by atoms with E-state index in [0.717, 1.165) is 10.9 Å². The smallest absolute Gasteiger partial charge is 0.311 e. The number of benzene rings is 2. The number of nitrogens with zero attached hydrogens (tertiary/aromatic N) is 1. The van der Waals surface area contributed by atoms with Gasteiger partial charge in [0, 0.05) is 30.6 Å². The van der Waals surface area contributed by atoms with Gasteiger partial charge in [-0.25, -0.2) is 0 Å². The molecule has 6 nitrogen and oxygen atoms in total. The van der Waals surface area contributed by atoms with Crippen LogP contribution in [0.25, 0.3) is 10.8 Å². The lowest BCUT2D eigenvalue weighted by Crippen LogP contribution is -2.46. The average molecular weight is 423 g/mol. The SMILES string of the molecule is Cn1cc(OCCC(NC(C)(C)C)OC(=O)Cc2ccccc2)c2ccccc2c1=O. The Morgan fingerprint density at radius 1 is 1.03 bits per heavy atom. The van der Waals surface area contributed by atoms with E-state index in [1.165, 1.54) is 4.57 Å². The van der Waals surface area contributed by atoms with Gasteiger partial charge in [0.25, 0.3) is 5.56 Å². The van der Waals surface area contributed by atoms with Crippen LogP contribution in [0.1, 0.15) is 32.8 Å². The van der Waals surface area contributed by atoms with Crippen LogP contribution < -0.4 is 15.6 Å². The van der Waals surface area contributed by atoms with E-state index in [-0.39, 0.29) is 23.5 Å². The van der Waals surface area contributed by atoms with E-state index in [1.807, 2.05) is 69.3 Å². The molecule has 31 heavy (non-hydrogen) atoms. The number of hydrogen-bond acceptors (Lipinski definition) is 5. The number of aromatic nitrogens is 1. The molecule has 0 aliphatic carbocycles. The highest BCUT2D eigenvalue weighted by atomic mass is 16.6. The van der Waals surface area contributed by atoms with Crippen molar-refractivity contribution in [3.8, 4) is 5.75 Å². The summed E-state index contributed by atoms with van der Waals surface area (Å²) in [5, 5.41) is 4.72. The zero-order valence-corrected chi connectivity index (χ0v) is 18.6. The second-order valence-corrected chi connectivity index (χ2v) is 8.63. The summed E-state index contributed by atoms with van der Waals surface area (Å²) in [7, 11) is 1.71. The highest BCUT2D eigenvalue weighted by Crippen LogP contribution is 2.22. The largest absolute Gasteiger partial charge is 0.491 e. The Bertz CT molecular complexity index is 1080. The molecule has 1 unspecified atom stereocenters. The second kappa shape index (κ2) is 9.79. The molecule has 164 valence electrons. The minimum absolute atomic E-state index is 0.0648. The van der Waals surface area contributed by atoms with Gasteiger partial charge in [-0.05, 0) is 32.4 Å². The van der Waals surface area contributed by atoms with E-state index in [0.29, 0.717) is 24.2 Å². The van der Waals surface area contributed by atoms with Crippen LogP contribution in [0, 0.1) is 0 Å². The van der Waals surface area contributed by atoms with Crippen LogP contribution in [0.5, 0.6) is 5.75 Å². The molecule has 0 fully saturated rings. The van der Waals surface area contributed by atoms with E-state index < -0.39 is 6.23 Å². The molecule has 0 amide bonds. The Morgan fingerprint density at radius 3 is 2.35 bits per heavy atom. The first kappa shape index (κ1) is 22.6. The molecule has 1 N–H and O–H groups in total. The van der Waals surface area contributed by atoms with Gasteiger partial charge in [0.05, 0.1) is 18.4 Å². The van der Waals surface area contributed by atoms with E-state index in [1.54, 1.807) is 19.3 Å². The van der Waals surface area contributed by atoms with E-state index in [4.69, 9.17) is 9.47 Å². The monoisotopic (exact) mass is 422 g/mol. The minimum Gasteiger partial charge on any atom is -0.491 e. The number of aryl methyl sites for hydroxylation is 1. The molecule has 1 heterocycles. The van der Waals surface area contributed by atoms with Gasteiger partial charge in [-0.2, -0.15) is 0 Å². The summed E-state index contributed by atoms with van der Waals surface area (Å²) in [6, 6.07) is 16.9. The average Bonchev–Trinajstić information content (AvgIpc) is 2.71. The van der Waals surface area contributed by atoms with Crippen molar-refractivity contribution in [2.45, 2.75) is 45.4 Å². The lowest BCUT2D eigenvalue weighted by molar-refractivity contribution is -0.151. The highest BCUT2D eigenvalue weighted by Gasteiger charge is 2.21. The Balaban J connectivity index is 1.67. The molecule has 0 radical (unpaired) electrons. The van der Waals surface area contributed by atoms with Crippen molar-refractivity contribution < 1.29 is 14.3 Å². The van der Waals surface area contributed by atoms with Crippen molar-refractivity contribution in [3.05, 3.63) is 76.7 Å². The first-order chi connectivity index (χ1) is 14.7. The first-order valence-corrected chi connectivity index (χ1v) is 10.5. The minimum atomic E-state index is -0.491. The van der Waals surface area contributed by atoms with Crippen molar-refractivity contribution in [3.63, 3.8) is 0 Å². The number of fused-ring (bicyclic) bond motifs is 1. The highest BCUT2D eigenvalue weighted by molar-refractivity contribution is 5.87. The standard InChI is InChI=1S/C25H30N2O4/c1-25(2,3)26-22(31-23(28)16-18-10-6-5-7-11-18)14-15-30-21-17-27(4)24(29)20-13-9-8-12-19(20)21/h5-13,17,22,26H,14-16H2,1-4H3. The number of rotatable bonds is 8. The van der Waals surface area contributed by atoms with Gasteiger partial charge in [-0.15, -0.1) is 0 Å². The zero-order chi connectivity index (χ0) is 22.4. The molecule has 0 aliphatic rings. The molecule has 2 aromatic carbocycles. The van der Waals surface area contributed by atoms with Gasteiger partial charge in [0.15, 0.2) is 6.23 Å². The third-order valence-corrected chi connectivity index (χ3v) is 4.75. The fraction of sp³-hybridized carbons (Fsp3) is 0.360. The van der Waals surface area contributed by atoms with Gasteiger partial charge in [0.1, 0.15) is 5.75 Å². The van der Waals surface area contributed by atoms with Crippen LogP contribution in [0.3, 0.4) is 0 Å². The topological polar surface area (TPSA) is 69.6 Å². The number of esters is 1. The van der Waals surface area contributed by atoms with Crippen LogP contribution in [0.2, 0.25) is 0 Å². The fourth-order valence-electron chi connectivity index (χ4n) is 3.38. The number of hydrogen-bond donors (Lipinski definition) is 1. The van der Waals surface area contributed by atoms with E-state index in [2.05, 4.69) is 5.32 Å². The Kier molecular flexibility index (Phi) is 7.13. The quantitative estimate of drug-likeness (QED) is 0.442. The Hall–Kier alpha value is -3.12. The summed E-state index contributed by atoms with van der Waals surface area (Å²) >= 11 is 0. The maximum atomic E-state index is 12.5. The maximum Gasteiger partial charge on any atom is 0.311 e. The van der Waals surface area contributed by atoms with Gasteiger partial charge >= 0.3 is 5.97 Å². The molecule has 3 aromatic rings. The molecule has 0 saturated heterocycles. The van der Waals surface area contributed by atoms with Crippen molar-refractivity contribution in [1.82, 2.24) is 9.88 Å². The molecule has 0 bridgehead atoms. The number of nitrogens with one attached hydrogen (secondary N) is 1. The van der Waals surface area contributed by atoms with Crippen molar-refractivity contribution in [2.24, 2.45) is 7.05 Å². The third kappa shape index (κ3) is 6.43. The van der Waals surface area contributed by atoms with Gasteiger partial charge < -0.3 is 14.0 Å². The first-order valence-electron chi connectivity index (χ1n) is 10.5. The molecule has 3 rings (SSSR count). The molecule has 1 atom stereocenters. The molecule has 0 spiro atoms. The van der Waals surface area contributed by atoms with Crippen LogP contribution in [-0.4, -0.2) is 28.9 Å². The fourth-order valence-corrected chi connectivity index (χ4v) is 3.38. The Morgan fingerprint density at radius 2 is 1.68 bits per heavy atom. The van der Waals surface area contributed by atoms with Crippen molar-refractivity contribution in [1.29, 1.82) is 0 Å². The van der Waals surface area contributed by atoms with Crippen molar-refractivity contribution >= 4 is 16.7 Å². The van der Waals surface area contributed by atoms with E-state index in [9.17, 15) is 9.59 Å². The van der Waals surface area contributed by atoms with Gasteiger partial charge in [-0.1, -0.05) is 48.5 Å². The molecular weight excluding hydrogens is 392 g/mol. The summed E-state index contributed by atoms with van der Waals surface area (Å²) in [5.74, 6) is 0.336. The van der Waals surface area contributed by atoms with Crippen molar-refractivity contribution in [2.75, 3.05) is 6.61 Å². The van der Waals surface area contributed by atoms with Crippen LogP contribution >= 0.6 is 0 Å². The normalized spacial score (nSPS) is 12.5. The Labute approximate surface area is 182 Å². The van der Waals surface area contributed by atoms with Crippen LogP contribution in [0.15, 0.2) is 65.6 Å². The maximum absolute atomic E-state index is 12.5. The van der Waals surface area contributed by atoms with E-state index >= 15 is 0 Å².